The van der Waals surface area contributed by atoms with Crippen molar-refractivity contribution in [2.45, 2.75) is 44.1 Å². The Bertz CT molecular complexity index is 1060. The van der Waals surface area contributed by atoms with E-state index in [2.05, 4.69) is 6.58 Å². The molecular formula is C24H27NO9. The van der Waals surface area contributed by atoms with Crippen LogP contribution < -0.4 is 0 Å². The Morgan fingerprint density at radius 3 is 2.38 bits per heavy atom. The lowest BCUT2D eigenvalue weighted by atomic mass is 9.99. The van der Waals surface area contributed by atoms with Gasteiger partial charge in [0.15, 0.2) is 6.10 Å². The Morgan fingerprint density at radius 2 is 1.74 bits per heavy atom. The number of hydrogen-bond acceptors (Lipinski definition) is 9. The zero-order valence-electron chi connectivity index (χ0n) is 18.8. The van der Waals surface area contributed by atoms with Gasteiger partial charge in [-0.15, -0.1) is 0 Å². The molecule has 10 heteroatoms. The maximum Gasteiger partial charge on any atom is 0.338 e. The Labute approximate surface area is 196 Å². The third kappa shape index (κ3) is 5.42. The number of ether oxygens (including phenoxy) is 3. The number of aryl methyl sites for hydroxylation is 1. The Kier molecular flexibility index (Phi) is 8.00. The number of aliphatic hydroxyl groups is 3. The summed E-state index contributed by atoms with van der Waals surface area (Å²) < 4.78 is 16.7. The van der Waals surface area contributed by atoms with Gasteiger partial charge in [0.05, 0.1) is 12.1 Å². The maximum absolute atomic E-state index is 12.8. The number of esters is 2. The number of rotatable bonds is 8. The average molecular weight is 473 g/mol. The van der Waals surface area contributed by atoms with Crippen molar-refractivity contribution in [2.75, 3.05) is 6.61 Å². The van der Waals surface area contributed by atoms with E-state index in [-0.39, 0.29) is 18.8 Å². The highest BCUT2D eigenvalue weighted by molar-refractivity contribution is 6.08. The number of aromatic nitrogens is 1. The van der Waals surface area contributed by atoms with Crippen LogP contribution in [0.1, 0.15) is 27.3 Å². The Balaban J connectivity index is 1.67. The van der Waals surface area contributed by atoms with E-state index in [1.807, 2.05) is 19.1 Å². The molecule has 0 radical (unpaired) electrons. The smallest absolute Gasteiger partial charge is 0.338 e. The molecule has 0 aliphatic carbocycles. The molecule has 1 aliphatic heterocycles. The van der Waals surface area contributed by atoms with Crippen LogP contribution in [0.3, 0.4) is 0 Å². The summed E-state index contributed by atoms with van der Waals surface area (Å²) in [4.78, 5) is 37.4. The van der Waals surface area contributed by atoms with Gasteiger partial charge in [0.2, 0.25) is 12.1 Å². The minimum Gasteiger partial charge on any atom is -0.459 e. The second-order valence-corrected chi connectivity index (χ2v) is 7.95. The van der Waals surface area contributed by atoms with Crippen molar-refractivity contribution in [3.8, 4) is 0 Å². The second kappa shape index (κ2) is 10.7. The van der Waals surface area contributed by atoms with E-state index >= 15 is 0 Å². The van der Waals surface area contributed by atoms with Crippen LogP contribution in [-0.4, -0.2) is 74.9 Å². The number of aliphatic hydroxyl groups excluding tert-OH is 3. The minimum absolute atomic E-state index is 0.161. The van der Waals surface area contributed by atoms with Gasteiger partial charge >= 0.3 is 11.9 Å². The molecule has 2 heterocycles. The summed E-state index contributed by atoms with van der Waals surface area (Å²) in [6.45, 7) is 5.15. The third-order valence-electron chi connectivity index (χ3n) is 5.49. The topological polar surface area (TPSA) is 145 Å². The van der Waals surface area contributed by atoms with Crippen molar-refractivity contribution in [1.82, 2.24) is 4.57 Å². The quantitative estimate of drug-likeness (QED) is 0.278. The molecule has 2 aromatic rings. The van der Waals surface area contributed by atoms with Crippen LogP contribution in [0.5, 0.6) is 0 Å². The standard InChI is InChI=1S/C24H27NO9/c1-4-11-32-23(31)22-20(29)19(28)21(30)24(34-22)33-17(26)12-15-9-10-16(25(15)3)18(27)14-7-5-13(2)6-8-14/h4-10,19-22,24,28-30H,1,11-12H2,2-3H3/t19-,20-,21-,22+,24+/m0/s1. The molecule has 0 saturated carbocycles. The van der Waals surface area contributed by atoms with E-state index in [1.54, 1.807) is 35.9 Å². The molecule has 34 heavy (non-hydrogen) atoms. The molecule has 0 amide bonds. The van der Waals surface area contributed by atoms with Crippen molar-refractivity contribution in [1.29, 1.82) is 0 Å². The van der Waals surface area contributed by atoms with Gasteiger partial charge in [-0.05, 0) is 19.1 Å². The fourth-order valence-electron chi connectivity index (χ4n) is 3.49. The van der Waals surface area contributed by atoms with E-state index in [1.165, 1.54) is 6.08 Å². The van der Waals surface area contributed by atoms with Crippen LogP contribution >= 0.6 is 0 Å². The van der Waals surface area contributed by atoms with Gasteiger partial charge in [-0.1, -0.05) is 42.5 Å². The number of benzene rings is 1. The molecule has 1 aromatic carbocycles. The summed E-state index contributed by atoms with van der Waals surface area (Å²) in [5, 5.41) is 30.2. The minimum atomic E-state index is -1.82. The van der Waals surface area contributed by atoms with Gasteiger partial charge in [0.25, 0.3) is 0 Å². The third-order valence-corrected chi connectivity index (χ3v) is 5.49. The fraction of sp³-hybridized carbons (Fsp3) is 0.375. The van der Waals surface area contributed by atoms with Crippen molar-refractivity contribution in [3.63, 3.8) is 0 Å². The molecule has 1 aromatic heterocycles. The molecule has 10 nitrogen and oxygen atoms in total. The van der Waals surface area contributed by atoms with Crippen molar-refractivity contribution >= 4 is 17.7 Å². The average Bonchev–Trinajstić information content (AvgIpc) is 3.17. The number of carbonyl (C=O) groups excluding carboxylic acids is 3. The molecule has 0 unspecified atom stereocenters. The number of ketones is 1. The molecule has 5 atom stereocenters. The molecule has 1 fully saturated rings. The van der Waals surface area contributed by atoms with Crippen LogP contribution in [0, 0.1) is 6.92 Å². The first-order chi connectivity index (χ1) is 16.1. The summed E-state index contributed by atoms with van der Waals surface area (Å²) in [5.41, 5.74) is 2.34. The van der Waals surface area contributed by atoms with E-state index < -0.39 is 42.6 Å². The maximum atomic E-state index is 12.8. The lowest BCUT2D eigenvalue weighted by Crippen LogP contribution is -2.61. The SMILES string of the molecule is C=CCOC(=O)[C@@H]1O[C@@H](OC(=O)Cc2ccc(C(=O)c3ccc(C)cc3)n2C)[C@@H](O)[C@@H](O)[C@@H]1O. The predicted molar refractivity (Wildman–Crippen MR) is 118 cm³/mol. The van der Waals surface area contributed by atoms with Gasteiger partial charge in [0, 0.05) is 18.3 Å². The summed E-state index contributed by atoms with van der Waals surface area (Å²) in [5.74, 6) is -2.08. The number of hydrogen-bond donors (Lipinski definition) is 3. The van der Waals surface area contributed by atoms with Crippen LogP contribution in [-0.2, 0) is 37.3 Å². The molecule has 3 N–H and O–H groups in total. The highest BCUT2D eigenvalue weighted by atomic mass is 16.7. The zero-order valence-corrected chi connectivity index (χ0v) is 18.8. The van der Waals surface area contributed by atoms with E-state index in [0.29, 0.717) is 17.0 Å². The number of nitrogens with zero attached hydrogens (tertiary/aromatic N) is 1. The van der Waals surface area contributed by atoms with Gasteiger partial charge in [-0.25, -0.2) is 4.79 Å². The summed E-state index contributed by atoms with van der Waals surface area (Å²) in [6, 6.07) is 10.3. The summed E-state index contributed by atoms with van der Waals surface area (Å²) >= 11 is 0. The van der Waals surface area contributed by atoms with Crippen LogP contribution in [0.15, 0.2) is 49.1 Å². The lowest BCUT2D eigenvalue weighted by Gasteiger charge is -2.38. The first kappa shape index (κ1) is 25.3. The Morgan fingerprint density at radius 1 is 1.06 bits per heavy atom. The monoisotopic (exact) mass is 473 g/mol. The molecule has 1 aliphatic rings. The molecule has 3 rings (SSSR count). The van der Waals surface area contributed by atoms with Gasteiger partial charge in [0.1, 0.15) is 24.9 Å². The molecule has 182 valence electrons. The van der Waals surface area contributed by atoms with E-state index in [4.69, 9.17) is 14.2 Å². The molecule has 0 spiro atoms. The van der Waals surface area contributed by atoms with E-state index in [0.717, 1.165) is 5.56 Å². The number of carbonyl (C=O) groups is 3. The molecule has 1 saturated heterocycles. The largest absolute Gasteiger partial charge is 0.459 e. The summed E-state index contributed by atoms with van der Waals surface area (Å²) in [7, 11) is 1.63. The van der Waals surface area contributed by atoms with Gasteiger partial charge in [-0.2, -0.15) is 0 Å². The van der Waals surface area contributed by atoms with Crippen molar-refractivity contribution < 1.29 is 43.9 Å². The van der Waals surface area contributed by atoms with Crippen molar-refractivity contribution in [2.24, 2.45) is 7.05 Å². The van der Waals surface area contributed by atoms with Crippen LogP contribution in [0.2, 0.25) is 0 Å². The predicted octanol–water partition coefficient (Wildman–Crippen LogP) is 0.187. The highest BCUT2D eigenvalue weighted by Gasteiger charge is 2.49. The Hall–Kier alpha value is -3.31. The van der Waals surface area contributed by atoms with Gasteiger partial charge < -0.3 is 34.1 Å². The summed E-state index contributed by atoms with van der Waals surface area (Å²) in [6.07, 6.45) is -7.78. The van der Waals surface area contributed by atoms with Gasteiger partial charge in [-0.3, -0.25) is 9.59 Å². The second-order valence-electron chi connectivity index (χ2n) is 7.95. The van der Waals surface area contributed by atoms with E-state index in [9.17, 15) is 29.7 Å². The normalized spacial score (nSPS) is 24.3. The highest BCUT2D eigenvalue weighted by Crippen LogP contribution is 2.24. The van der Waals surface area contributed by atoms with Crippen molar-refractivity contribution in [3.05, 3.63) is 71.6 Å². The first-order valence-electron chi connectivity index (χ1n) is 10.6. The fourth-order valence-corrected chi connectivity index (χ4v) is 3.49. The molecule has 0 bridgehead atoms. The van der Waals surface area contributed by atoms with Crippen LogP contribution in [0.4, 0.5) is 0 Å². The first-order valence-corrected chi connectivity index (χ1v) is 10.6. The van der Waals surface area contributed by atoms with Crippen LogP contribution in [0.25, 0.3) is 0 Å². The molecular weight excluding hydrogens is 446 g/mol. The lowest BCUT2D eigenvalue weighted by molar-refractivity contribution is -0.287. The zero-order chi connectivity index (χ0) is 25.0.